The first-order valence-electron chi connectivity index (χ1n) is 12.7. The van der Waals surface area contributed by atoms with Gasteiger partial charge in [0.15, 0.2) is 11.4 Å². The second kappa shape index (κ2) is 10.1. The number of rotatable bonds is 5. The van der Waals surface area contributed by atoms with Gasteiger partial charge in [-0.15, -0.1) is 0 Å². The zero-order chi connectivity index (χ0) is 28.9. The predicted molar refractivity (Wildman–Crippen MR) is 156 cm³/mol. The Morgan fingerprint density at radius 2 is 1.22 bits per heavy atom. The molecule has 0 spiro atoms. The molecular weight excluding hydrogens is 593 g/mol. The van der Waals surface area contributed by atoms with E-state index >= 15 is 8.63 Å². The van der Waals surface area contributed by atoms with Crippen molar-refractivity contribution in [3.05, 3.63) is 135 Å². The highest BCUT2D eigenvalue weighted by atomic mass is 79.9. The summed E-state index contributed by atoms with van der Waals surface area (Å²) in [5.74, 6) is -1.01. The van der Waals surface area contributed by atoms with Gasteiger partial charge in [-0.3, -0.25) is 0 Å². The lowest BCUT2D eigenvalue weighted by Crippen LogP contribution is -2.51. The Kier molecular flexibility index (Phi) is 6.58. The molecule has 6 rings (SSSR count). The first-order chi connectivity index (χ1) is 19.7. The third kappa shape index (κ3) is 4.35. The standard InChI is InChI=1S/C31H22BBrF2N2O4/c1-40-30(38)22-7-3-19(4-8-22)25-15-17-27-29(21-11-13-24(33)14-12-21)28-18-16-26(37(28)32(34,35)36(25)27)20-5-9-23(10-6-20)31(39)41-2/h3-18H,1-2H3. The molecule has 0 saturated heterocycles. The number of benzene rings is 3. The minimum atomic E-state index is -4.38. The van der Waals surface area contributed by atoms with Crippen LogP contribution in [0.1, 0.15) is 37.5 Å². The van der Waals surface area contributed by atoms with Crippen molar-refractivity contribution in [2.45, 2.75) is 0 Å². The van der Waals surface area contributed by atoms with E-state index in [4.69, 9.17) is 9.47 Å². The van der Waals surface area contributed by atoms with E-state index in [9.17, 15) is 9.59 Å². The maximum atomic E-state index is 16.8. The fraction of sp³-hybridized carbons (Fsp3) is 0.0645. The molecule has 6 nitrogen and oxygen atoms in total. The Morgan fingerprint density at radius 1 is 0.707 bits per heavy atom. The normalized spacial score (nSPS) is 15.0. The van der Waals surface area contributed by atoms with E-state index in [1.54, 1.807) is 72.8 Å². The number of carbonyl (C=O) groups excluding carboxylic acids is 2. The number of methoxy groups -OCH3 is 2. The lowest BCUT2D eigenvalue weighted by atomic mass is 9.85. The number of halogens is 3. The lowest BCUT2D eigenvalue weighted by Gasteiger charge is -2.33. The van der Waals surface area contributed by atoms with E-state index in [-0.39, 0.29) is 0 Å². The van der Waals surface area contributed by atoms with Crippen LogP contribution in [0.2, 0.25) is 0 Å². The van der Waals surface area contributed by atoms with E-state index in [0.717, 1.165) is 19.0 Å². The van der Waals surface area contributed by atoms with Gasteiger partial charge in [0.1, 0.15) is 0 Å². The van der Waals surface area contributed by atoms with Crippen LogP contribution < -0.4 is 0 Å². The Bertz CT molecular complexity index is 1810. The summed E-state index contributed by atoms with van der Waals surface area (Å²) in [7, 11) is 2.58. The van der Waals surface area contributed by atoms with Gasteiger partial charge in [-0.1, -0.05) is 40.2 Å². The lowest BCUT2D eigenvalue weighted by molar-refractivity contribution is -0.360. The van der Waals surface area contributed by atoms with Crippen LogP contribution in [0.4, 0.5) is 8.63 Å². The van der Waals surface area contributed by atoms with Crippen LogP contribution in [-0.2, 0) is 9.47 Å². The first kappa shape index (κ1) is 26.6. The van der Waals surface area contributed by atoms with Crippen LogP contribution in [0.25, 0.3) is 16.8 Å². The number of ether oxygens (including phenoxy) is 2. The van der Waals surface area contributed by atoms with E-state index in [1.165, 1.54) is 14.2 Å². The number of fused-ring (bicyclic) bond motifs is 2. The van der Waals surface area contributed by atoms with Crippen LogP contribution in [-0.4, -0.2) is 47.8 Å². The van der Waals surface area contributed by atoms with Gasteiger partial charge in [0.25, 0.3) is 0 Å². The molecule has 4 aromatic rings. The van der Waals surface area contributed by atoms with E-state index in [1.807, 2.05) is 24.3 Å². The van der Waals surface area contributed by atoms with Crippen LogP contribution in [0.3, 0.4) is 0 Å². The van der Waals surface area contributed by atoms with Gasteiger partial charge in [0.2, 0.25) is 0 Å². The Labute approximate surface area is 243 Å². The molecule has 2 aliphatic heterocycles. The molecule has 0 radical (unpaired) electrons. The maximum Gasteiger partial charge on any atom is 0.737 e. The largest absolute Gasteiger partial charge is 0.737 e. The van der Waals surface area contributed by atoms with Gasteiger partial charge in [0, 0.05) is 33.6 Å². The summed E-state index contributed by atoms with van der Waals surface area (Å²) in [5.41, 5.74) is 4.51. The summed E-state index contributed by atoms with van der Waals surface area (Å²) < 4.78 is 46.3. The average Bonchev–Trinajstić information content (AvgIpc) is 3.64. The summed E-state index contributed by atoms with van der Waals surface area (Å²) in [5, 5.41) is 0. The molecule has 3 aromatic carbocycles. The van der Waals surface area contributed by atoms with Gasteiger partial charge in [0.05, 0.1) is 30.9 Å². The van der Waals surface area contributed by atoms with Crippen molar-refractivity contribution in [1.29, 1.82) is 0 Å². The highest BCUT2D eigenvalue weighted by molar-refractivity contribution is 9.10. The first-order valence-corrected chi connectivity index (χ1v) is 13.5. The van der Waals surface area contributed by atoms with Crippen molar-refractivity contribution in [3.63, 3.8) is 0 Å². The topological polar surface area (TPSA) is 60.5 Å². The number of allylic oxidation sites excluding steroid dienone is 2. The number of nitrogens with zero attached hydrogens (tertiary/aromatic N) is 2. The molecule has 0 unspecified atom stereocenters. The monoisotopic (exact) mass is 614 g/mol. The van der Waals surface area contributed by atoms with Crippen molar-refractivity contribution in [3.8, 4) is 11.3 Å². The molecular formula is C31H22BBrF2N2O4. The van der Waals surface area contributed by atoms with Crippen molar-refractivity contribution >= 4 is 46.1 Å². The predicted octanol–water partition coefficient (Wildman–Crippen LogP) is 6.56. The smallest absolute Gasteiger partial charge is 0.465 e. The molecule has 2 aliphatic rings. The van der Waals surface area contributed by atoms with Crippen LogP contribution in [0.15, 0.2) is 107 Å². The molecule has 0 N–H and O–H groups in total. The Morgan fingerprint density at radius 3 is 1.78 bits per heavy atom. The second-order valence-electron chi connectivity index (χ2n) is 9.56. The van der Waals surface area contributed by atoms with Gasteiger partial charge in [-0.25, -0.2) is 9.59 Å². The fourth-order valence-electron chi connectivity index (χ4n) is 5.39. The third-order valence-corrected chi connectivity index (χ3v) is 7.83. The van der Waals surface area contributed by atoms with E-state index < -0.39 is 18.9 Å². The van der Waals surface area contributed by atoms with Crippen molar-refractivity contribution in [1.82, 2.24) is 4.48 Å². The van der Waals surface area contributed by atoms with Gasteiger partial charge in [-0.2, -0.15) is 0 Å². The van der Waals surface area contributed by atoms with Crippen molar-refractivity contribution < 1.29 is 32.2 Å². The van der Waals surface area contributed by atoms with Gasteiger partial charge >= 0.3 is 18.9 Å². The summed E-state index contributed by atoms with van der Waals surface area (Å²) in [6.07, 6.45) is 3.38. The maximum absolute atomic E-state index is 16.8. The summed E-state index contributed by atoms with van der Waals surface area (Å²) >= 11 is 3.46. The van der Waals surface area contributed by atoms with Gasteiger partial charge < -0.3 is 27.1 Å². The van der Waals surface area contributed by atoms with Gasteiger partial charge in [-0.05, 0) is 71.8 Å². The molecule has 0 bridgehead atoms. The molecule has 1 aromatic heterocycles. The number of hydrogen-bond donors (Lipinski definition) is 0. The zero-order valence-corrected chi connectivity index (χ0v) is 23.6. The molecule has 3 heterocycles. The molecule has 10 heteroatoms. The Hall–Kier alpha value is -4.57. The van der Waals surface area contributed by atoms with Crippen LogP contribution in [0, 0.1) is 0 Å². The third-order valence-electron chi connectivity index (χ3n) is 7.31. The molecule has 204 valence electrons. The fourth-order valence-corrected chi connectivity index (χ4v) is 5.66. The minimum Gasteiger partial charge on any atom is -0.465 e. The highest BCUT2D eigenvalue weighted by Crippen LogP contribution is 2.43. The summed E-state index contributed by atoms with van der Waals surface area (Å²) in [4.78, 5) is 23.9. The van der Waals surface area contributed by atoms with E-state index in [0.29, 0.717) is 50.6 Å². The second-order valence-corrected chi connectivity index (χ2v) is 10.5. The molecule has 0 atom stereocenters. The van der Waals surface area contributed by atoms with E-state index in [2.05, 4.69) is 15.9 Å². The number of hydrogen-bond acceptors (Lipinski definition) is 4. The van der Waals surface area contributed by atoms with Crippen LogP contribution in [0.5, 0.6) is 0 Å². The zero-order valence-electron chi connectivity index (χ0n) is 22.0. The summed E-state index contributed by atoms with van der Waals surface area (Å²) in [6.45, 7) is -4.38. The molecule has 0 fully saturated rings. The SMILES string of the molecule is COC(=O)c1ccc(C2=[N+]3C(=C(c4ccc(Br)cc4)c4ccc(-c5ccc(C(=O)OC)cc5)n4[B-]3(F)F)C=C2)cc1. The highest BCUT2D eigenvalue weighted by Gasteiger charge is 2.54. The Balaban J connectivity index is 1.58. The molecule has 41 heavy (non-hydrogen) atoms. The molecule has 0 aliphatic carbocycles. The number of carbonyl (C=O) groups is 2. The molecule has 0 saturated carbocycles. The van der Waals surface area contributed by atoms with Crippen LogP contribution >= 0.6 is 15.9 Å². The average molecular weight is 615 g/mol. The number of aromatic nitrogens is 1. The van der Waals surface area contributed by atoms with Crippen molar-refractivity contribution in [2.24, 2.45) is 0 Å². The minimum absolute atomic E-state index is 0.308. The molecule has 0 amide bonds. The number of esters is 2. The van der Waals surface area contributed by atoms with Crippen molar-refractivity contribution in [2.75, 3.05) is 14.2 Å². The quantitative estimate of drug-likeness (QED) is 0.189. The summed E-state index contributed by atoms with van der Waals surface area (Å²) in [6, 6.07) is 23.7.